The minimum atomic E-state index is -0.119. The average molecular weight is 301 g/mol. The van der Waals surface area contributed by atoms with E-state index in [0.717, 1.165) is 9.55 Å². The van der Waals surface area contributed by atoms with Gasteiger partial charge in [-0.1, -0.05) is 0 Å². The maximum atomic E-state index is 11.6. The van der Waals surface area contributed by atoms with Gasteiger partial charge < -0.3 is 9.73 Å². The van der Waals surface area contributed by atoms with Crippen LogP contribution in [0.3, 0.4) is 0 Å². The lowest BCUT2D eigenvalue weighted by Gasteiger charge is -1.99. The summed E-state index contributed by atoms with van der Waals surface area (Å²) in [6, 6.07) is 3.61. The highest BCUT2D eigenvalue weighted by Crippen LogP contribution is 2.21. The highest BCUT2D eigenvalue weighted by Gasteiger charge is 2.09. The number of oxazole rings is 1. The lowest BCUT2D eigenvalue weighted by atomic mass is 10.4. The van der Waals surface area contributed by atoms with Crippen LogP contribution >= 0.6 is 27.3 Å². The second-order valence-electron chi connectivity index (χ2n) is 3.15. The molecule has 6 heteroatoms. The summed E-state index contributed by atoms with van der Waals surface area (Å²) in [5.74, 6) is 1.14. The Hall–Kier alpha value is -1.14. The highest BCUT2D eigenvalue weighted by atomic mass is 79.9. The molecule has 1 amide bonds. The van der Waals surface area contributed by atoms with Gasteiger partial charge in [-0.2, -0.15) is 0 Å². The van der Waals surface area contributed by atoms with Gasteiger partial charge in [0.15, 0.2) is 0 Å². The number of nitrogens with one attached hydrogen (secondary N) is 1. The zero-order chi connectivity index (χ0) is 11.5. The van der Waals surface area contributed by atoms with Crippen LogP contribution in [0.5, 0.6) is 0 Å². The van der Waals surface area contributed by atoms with E-state index in [9.17, 15) is 4.79 Å². The van der Waals surface area contributed by atoms with Gasteiger partial charge in [0, 0.05) is 0 Å². The molecule has 0 atom stereocenters. The Labute approximate surface area is 105 Å². The second kappa shape index (κ2) is 4.80. The molecule has 2 aromatic heterocycles. The normalized spacial score (nSPS) is 10.4. The molecule has 2 aromatic rings. The van der Waals surface area contributed by atoms with Gasteiger partial charge in [0.2, 0.25) is 5.89 Å². The molecule has 0 unspecified atom stereocenters. The smallest absolute Gasteiger partial charge is 0.261 e. The Morgan fingerprint density at radius 1 is 1.62 bits per heavy atom. The van der Waals surface area contributed by atoms with Gasteiger partial charge in [0.25, 0.3) is 5.91 Å². The molecule has 16 heavy (non-hydrogen) atoms. The first-order chi connectivity index (χ1) is 7.65. The number of halogens is 1. The van der Waals surface area contributed by atoms with E-state index in [1.165, 1.54) is 11.3 Å². The average Bonchev–Trinajstić information content (AvgIpc) is 2.84. The molecule has 0 aliphatic rings. The third-order valence-corrected chi connectivity index (χ3v) is 3.49. The Balaban J connectivity index is 1.93. The van der Waals surface area contributed by atoms with Gasteiger partial charge in [0.1, 0.15) is 5.76 Å². The van der Waals surface area contributed by atoms with Gasteiger partial charge in [-0.3, -0.25) is 4.79 Å². The first kappa shape index (κ1) is 11.3. The summed E-state index contributed by atoms with van der Waals surface area (Å²) in [5, 5.41) is 2.74. The van der Waals surface area contributed by atoms with Crippen LogP contribution in [0.15, 0.2) is 26.5 Å². The van der Waals surface area contributed by atoms with Gasteiger partial charge in [-0.05, 0) is 35.0 Å². The van der Waals surface area contributed by atoms with Gasteiger partial charge in [0.05, 0.1) is 21.4 Å². The lowest BCUT2D eigenvalue weighted by Crippen LogP contribution is -2.21. The van der Waals surface area contributed by atoms with Crippen LogP contribution < -0.4 is 5.32 Å². The topological polar surface area (TPSA) is 55.1 Å². The first-order valence-electron chi connectivity index (χ1n) is 4.60. The lowest BCUT2D eigenvalue weighted by molar-refractivity contribution is 0.0951. The number of carbonyl (C=O) groups is 1. The molecule has 0 fully saturated rings. The first-order valence-corrected chi connectivity index (χ1v) is 6.21. The van der Waals surface area contributed by atoms with Gasteiger partial charge in [-0.15, -0.1) is 11.3 Å². The summed E-state index contributed by atoms with van der Waals surface area (Å²) in [7, 11) is 0. The van der Waals surface area contributed by atoms with E-state index >= 15 is 0 Å². The maximum Gasteiger partial charge on any atom is 0.261 e. The number of nitrogens with zero attached hydrogens (tertiary/aromatic N) is 1. The van der Waals surface area contributed by atoms with Crippen molar-refractivity contribution < 1.29 is 9.21 Å². The summed E-state index contributed by atoms with van der Waals surface area (Å²) >= 11 is 4.70. The predicted octanol–water partition coefficient (Wildman–Crippen LogP) is 2.74. The van der Waals surface area contributed by atoms with Crippen LogP contribution in [0.1, 0.15) is 21.3 Å². The second-order valence-corrected chi connectivity index (χ2v) is 5.61. The van der Waals surface area contributed by atoms with Crippen LogP contribution in [0, 0.1) is 6.92 Å². The number of amides is 1. The number of aryl methyl sites for hydroxylation is 1. The third kappa shape index (κ3) is 2.70. The standard InChI is InChI=1S/C10H9BrN2O2S/c1-6-4-12-9(15-6)5-13-10(14)7-2-3-8(11)16-7/h2-4H,5H2,1H3,(H,13,14). The van der Waals surface area contributed by atoms with Crippen molar-refractivity contribution >= 4 is 33.2 Å². The molecular weight excluding hydrogens is 292 g/mol. The summed E-state index contributed by atoms with van der Waals surface area (Å²) in [6.45, 7) is 2.12. The molecular formula is C10H9BrN2O2S. The summed E-state index contributed by atoms with van der Waals surface area (Å²) in [5.41, 5.74) is 0. The monoisotopic (exact) mass is 300 g/mol. The molecule has 0 spiro atoms. The number of carbonyl (C=O) groups excluding carboxylic acids is 1. The van der Waals surface area contributed by atoms with Crippen LogP contribution in [0.4, 0.5) is 0 Å². The largest absolute Gasteiger partial charge is 0.444 e. The Kier molecular flexibility index (Phi) is 3.40. The van der Waals surface area contributed by atoms with Crippen LogP contribution in [-0.2, 0) is 6.54 Å². The molecule has 0 aliphatic heterocycles. The zero-order valence-electron chi connectivity index (χ0n) is 8.49. The molecule has 84 valence electrons. The molecule has 1 N–H and O–H groups in total. The SMILES string of the molecule is Cc1cnc(CNC(=O)c2ccc(Br)s2)o1. The number of rotatable bonds is 3. The van der Waals surface area contributed by atoms with E-state index in [0.29, 0.717) is 17.3 Å². The number of thiophene rings is 1. The van der Waals surface area contributed by atoms with E-state index < -0.39 is 0 Å². The minimum Gasteiger partial charge on any atom is -0.444 e. The molecule has 2 rings (SSSR count). The Morgan fingerprint density at radius 2 is 2.44 bits per heavy atom. The van der Waals surface area contributed by atoms with E-state index in [4.69, 9.17) is 4.42 Å². The molecule has 0 saturated carbocycles. The number of hydrogen-bond acceptors (Lipinski definition) is 4. The fourth-order valence-corrected chi connectivity index (χ4v) is 2.46. The predicted molar refractivity (Wildman–Crippen MR) is 64.4 cm³/mol. The number of hydrogen-bond donors (Lipinski definition) is 1. The van der Waals surface area contributed by atoms with E-state index in [1.807, 2.05) is 13.0 Å². The third-order valence-electron chi connectivity index (χ3n) is 1.87. The Morgan fingerprint density at radius 3 is 3.00 bits per heavy atom. The quantitative estimate of drug-likeness (QED) is 0.948. The van der Waals surface area contributed by atoms with E-state index in [2.05, 4.69) is 26.2 Å². The van der Waals surface area contributed by atoms with E-state index in [-0.39, 0.29) is 5.91 Å². The van der Waals surface area contributed by atoms with Gasteiger partial charge >= 0.3 is 0 Å². The van der Waals surface area contributed by atoms with Crippen molar-refractivity contribution in [2.45, 2.75) is 13.5 Å². The van der Waals surface area contributed by atoms with Crippen LogP contribution in [-0.4, -0.2) is 10.9 Å². The Bertz CT molecular complexity index is 506. The molecule has 0 bridgehead atoms. The van der Waals surface area contributed by atoms with E-state index in [1.54, 1.807) is 12.3 Å². The summed E-state index contributed by atoms with van der Waals surface area (Å²) in [4.78, 5) is 16.3. The minimum absolute atomic E-state index is 0.119. The van der Waals surface area contributed by atoms with Crippen molar-refractivity contribution in [2.24, 2.45) is 0 Å². The van der Waals surface area contributed by atoms with Crippen molar-refractivity contribution in [3.05, 3.63) is 38.6 Å². The van der Waals surface area contributed by atoms with Gasteiger partial charge in [-0.25, -0.2) is 4.98 Å². The maximum absolute atomic E-state index is 11.6. The molecule has 0 aromatic carbocycles. The highest BCUT2D eigenvalue weighted by molar-refractivity contribution is 9.11. The fraction of sp³-hybridized carbons (Fsp3) is 0.200. The fourth-order valence-electron chi connectivity index (χ4n) is 1.16. The summed E-state index contributed by atoms with van der Waals surface area (Å²) in [6.07, 6.45) is 1.63. The van der Waals surface area contributed by atoms with Crippen LogP contribution in [0.2, 0.25) is 0 Å². The van der Waals surface area contributed by atoms with Crippen LogP contribution in [0.25, 0.3) is 0 Å². The molecule has 0 aliphatic carbocycles. The summed E-state index contributed by atoms with van der Waals surface area (Å²) < 4.78 is 6.18. The van der Waals surface area contributed by atoms with Crippen molar-refractivity contribution in [1.82, 2.24) is 10.3 Å². The van der Waals surface area contributed by atoms with Crippen molar-refractivity contribution in [2.75, 3.05) is 0 Å². The molecule has 0 radical (unpaired) electrons. The molecule has 4 nitrogen and oxygen atoms in total. The van der Waals surface area contributed by atoms with Crippen molar-refractivity contribution in [1.29, 1.82) is 0 Å². The number of aromatic nitrogens is 1. The molecule has 2 heterocycles. The van der Waals surface area contributed by atoms with Crippen molar-refractivity contribution in [3.8, 4) is 0 Å². The molecule has 0 saturated heterocycles. The zero-order valence-corrected chi connectivity index (χ0v) is 10.9. The van der Waals surface area contributed by atoms with Crippen molar-refractivity contribution in [3.63, 3.8) is 0 Å².